The molecule has 2 amide bonds. The van der Waals surface area contributed by atoms with Crippen LogP contribution in [-0.2, 0) is 16.0 Å². The van der Waals surface area contributed by atoms with E-state index in [1.807, 2.05) is 55.1 Å². The zero-order valence-corrected chi connectivity index (χ0v) is 16.8. The molecule has 1 fully saturated rings. The average Bonchev–Trinajstić information content (AvgIpc) is 2.74. The molecule has 1 saturated heterocycles. The number of hydrogen-bond acceptors (Lipinski definition) is 2. The molecule has 4 nitrogen and oxygen atoms in total. The molecule has 1 aliphatic heterocycles. The van der Waals surface area contributed by atoms with Crippen LogP contribution in [0.2, 0.25) is 0 Å². The van der Waals surface area contributed by atoms with Crippen LogP contribution < -0.4 is 5.32 Å². The van der Waals surface area contributed by atoms with Gasteiger partial charge in [-0.2, -0.15) is 0 Å². The number of rotatable bonds is 6. The van der Waals surface area contributed by atoms with Crippen LogP contribution >= 0.6 is 0 Å². The Morgan fingerprint density at radius 3 is 2.11 bits per heavy atom. The van der Waals surface area contributed by atoms with Crippen molar-refractivity contribution in [1.29, 1.82) is 0 Å². The molecule has 1 N–H and O–H groups in total. The van der Waals surface area contributed by atoms with Gasteiger partial charge in [0.2, 0.25) is 11.8 Å². The molecule has 28 heavy (non-hydrogen) atoms. The molecule has 0 bridgehead atoms. The van der Waals surface area contributed by atoms with Gasteiger partial charge in [-0.15, -0.1) is 0 Å². The summed E-state index contributed by atoms with van der Waals surface area (Å²) in [6, 6.07) is 20.3. The lowest BCUT2D eigenvalue weighted by Gasteiger charge is -2.33. The highest BCUT2D eigenvalue weighted by atomic mass is 16.2. The normalized spacial score (nSPS) is 16.0. The third-order valence-corrected chi connectivity index (χ3v) is 5.47. The first-order chi connectivity index (χ1) is 13.5. The molecule has 0 spiro atoms. The molecule has 1 heterocycles. The van der Waals surface area contributed by atoms with Gasteiger partial charge in [0.15, 0.2) is 0 Å². The highest BCUT2D eigenvalue weighted by molar-refractivity contribution is 5.81. The van der Waals surface area contributed by atoms with Gasteiger partial charge < -0.3 is 10.2 Å². The number of likely N-dealkylation sites (tertiary alicyclic amines) is 1. The van der Waals surface area contributed by atoms with Crippen LogP contribution in [0.15, 0.2) is 60.7 Å². The van der Waals surface area contributed by atoms with Gasteiger partial charge in [0.05, 0.1) is 6.04 Å². The van der Waals surface area contributed by atoms with Gasteiger partial charge in [0.25, 0.3) is 0 Å². The van der Waals surface area contributed by atoms with Crippen LogP contribution in [0.1, 0.15) is 43.9 Å². The quantitative estimate of drug-likeness (QED) is 0.826. The minimum Gasteiger partial charge on any atom is -0.349 e. The Labute approximate surface area is 167 Å². The zero-order valence-electron chi connectivity index (χ0n) is 16.8. The lowest BCUT2D eigenvalue weighted by Crippen LogP contribution is -2.45. The van der Waals surface area contributed by atoms with E-state index < -0.39 is 0 Å². The highest BCUT2D eigenvalue weighted by Gasteiger charge is 2.29. The first kappa shape index (κ1) is 20.1. The fourth-order valence-electron chi connectivity index (χ4n) is 3.80. The summed E-state index contributed by atoms with van der Waals surface area (Å²) in [5, 5.41) is 3.28. The van der Waals surface area contributed by atoms with E-state index in [9.17, 15) is 9.59 Å². The van der Waals surface area contributed by atoms with E-state index in [1.54, 1.807) is 0 Å². The first-order valence-corrected chi connectivity index (χ1v) is 10.2. The SMILES string of the molecule is CC(C)C(=O)N1CCC(C(=O)N[C@@H](Cc2ccccc2)c2ccccc2)CC1. The number of nitrogens with one attached hydrogen (secondary N) is 1. The van der Waals surface area contributed by atoms with Crippen molar-refractivity contribution in [2.24, 2.45) is 11.8 Å². The molecule has 4 heteroatoms. The molecule has 0 radical (unpaired) electrons. The van der Waals surface area contributed by atoms with Crippen LogP contribution in [0.3, 0.4) is 0 Å². The largest absolute Gasteiger partial charge is 0.349 e. The summed E-state index contributed by atoms with van der Waals surface area (Å²) < 4.78 is 0. The van der Waals surface area contributed by atoms with Crippen LogP contribution in [0.25, 0.3) is 0 Å². The van der Waals surface area contributed by atoms with E-state index in [0.717, 1.165) is 24.8 Å². The Morgan fingerprint density at radius 1 is 0.964 bits per heavy atom. The summed E-state index contributed by atoms with van der Waals surface area (Å²) in [6.45, 7) is 5.19. The van der Waals surface area contributed by atoms with Gasteiger partial charge in [-0.3, -0.25) is 9.59 Å². The lowest BCUT2D eigenvalue weighted by atomic mass is 9.93. The molecule has 0 aliphatic carbocycles. The summed E-state index contributed by atoms with van der Waals surface area (Å²) in [5.41, 5.74) is 2.32. The minimum atomic E-state index is -0.0496. The summed E-state index contributed by atoms with van der Waals surface area (Å²) >= 11 is 0. The standard InChI is InChI=1S/C24H30N2O2/c1-18(2)24(28)26-15-13-21(14-16-26)23(27)25-22(20-11-7-4-8-12-20)17-19-9-5-3-6-10-19/h3-12,18,21-22H,13-17H2,1-2H3,(H,25,27)/t22-/m0/s1. The van der Waals surface area contributed by atoms with Crippen LogP contribution in [0.4, 0.5) is 0 Å². The van der Waals surface area contributed by atoms with Gasteiger partial charge >= 0.3 is 0 Å². The van der Waals surface area contributed by atoms with Gasteiger partial charge in [-0.05, 0) is 30.4 Å². The second-order valence-corrected chi connectivity index (χ2v) is 7.92. The summed E-state index contributed by atoms with van der Waals surface area (Å²) in [7, 11) is 0. The van der Waals surface area contributed by atoms with Gasteiger partial charge in [0, 0.05) is 24.9 Å². The average molecular weight is 379 g/mol. The van der Waals surface area contributed by atoms with E-state index in [-0.39, 0.29) is 29.7 Å². The number of piperidine rings is 1. The van der Waals surface area contributed by atoms with Crippen LogP contribution in [0, 0.1) is 11.8 Å². The first-order valence-electron chi connectivity index (χ1n) is 10.2. The fraction of sp³-hybridized carbons (Fsp3) is 0.417. The number of carbonyl (C=O) groups excluding carboxylic acids is 2. The third-order valence-electron chi connectivity index (χ3n) is 5.47. The summed E-state index contributed by atoms with van der Waals surface area (Å²) in [6.07, 6.45) is 2.23. The van der Waals surface area contributed by atoms with Crippen molar-refractivity contribution in [2.75, 3.05) is 13.1 Å². The molecule has 0 unspecified atom stereocenters. The Hall–Kier alpha value is -2.62. The molecule has 2 aromatic rings. The molecule has 0 aromatic heterocycles. The Bertz CT molecular complexity index is 766. The summed E-state index contributed by atoms with van der Waals surface area (Å²) in [4.78, 5) is 27.0. The molecular formula is C24H30N2O2. The number of benzene rings is 2. The number of nitrogens with zero attached hydrogens (tertiary/aromatic N) is 1. The minimum absolute atomic E-state index is 0.0127. The Balaban J connectivity index is 1.64. The summed E-state index contributed by atoms with van der Waals surface area (Å²) in [5.74, 6) is 0.267. The van der Waals surface area contributed by atoms with Crippen molar-refractivity contribution < 1.29 is 9.59 Å². The molecular weight excluding hydrogens is 348 g/mol. The number of hydrogen-bond donors (Lipinski definition) is 1. The monoisotopic (exact) mass is 378 g/mol. The van der Waals surface area contributed by atoms with E-state index in [1.165, 1.54) is 5.56 Å². The molecule has 3 rings (SSSR count). The van der Waals surface area contributed by atoms with Crippen molar-refractivity contribution >= 4 is 11.8 Å². The molecule has 2 aromatic carbocycles. The molecule has 148 valence electrons. The van der Waals surface area contributed by atoms with E-state index in [2.05, 4.69) is 29.6 Å². The van der Waals surface area contributed by atoms with Crippen molar-refractivity contribution in [2.45, 2.75) is 39.2 Å². The third kappa shape index (κ3) is 5.22. The van der Waals surface area contributed by atoms with Crippen molar-refractivity contribution in [3.05, 3.63) is 71.8 Å². The topological polar surface area (TPSA) is 49.4 Å². The van der Waals surface area contributed by atoms with E-state index in [0.29, 0.717) is 13.1 Å². The lowest BCUT2D eigenvalue weighted by molar-refractivity contribution is -0.138. The second-order valence-electron chi connectivity index (χ2n) is 7.92. The predicted octanol–water partition coefficient (Wildman–Crippen LogP) is 3.98. The maximum Gasteiger partial charge on any atom is 0.225 e. The van der Waals surface area contributed by atoms with Crippen molar-refractivity contribution in [3.63, 3.8) is 0 Å². The predicted molar refractivity (Wildman–Crippen MR) is 112 cm³/mol. The Kier molecular flexibility index (Phi) is 6.85. The van der Waals surface area contributed by atoms with Gasteiger partial charge in [0.1, 0.15) is 0 Å². The van der Waals surface area contributed by atoms with E-state index in [4.69, 9.17) is 0 Å². The highest BCUT2D eigenvalue weighted by Crippen LogP contribution is 2.23. The zero-order chi connectivity index (χ0) is 19.9. The van der Waals surface area contributed by atoms with Crippen LogP contribution in [-0.4, -0.2) is 29.8 Å². The maximum atomic E-state index is 13.0. The number of amides is 2. The maximum absolute atomic E-state index is 13.0. The van der Waals surface area contributed by atoms with Crippen molar-refractivity contribution in [1.82, 2.24) is 10.2 Å². The van der Waals surface area contributed by atoms with E-state index >= 15 is 0 Å². The van der Waals surface area contributed by atoms with Gasteiger partial charge in [-0.25, -0.2) is 0 Å². The van der Waals surface area contributed by atoms with Crippen LogP contribution in [0.5, 0.6) is 0 Å². The molecule has 1 aliphatic rings. The Morgan fingerprint density at radius 2 is 1.54 bits per heavy atom. The van der Waals surface area contributed by atoms with Crippen molar-refractivity contribution in [3.8, 4) is 0 Å². The second kappa shape index (κ2) is 9.54. The number of carbonyl (C=O) groups is 2. The molecule has 0 saturated carbocycles. The smallest absolute Gasteiger partial charge is 0.225 e. The molecule has 1 atom stereocenters. The fourth-order valence-corrected chi connectivity index (χ4v) is 3.80. The van der Waals surface area contributed by atoms with Gasteiger partial charge in [-0.1, -0.05) is 74.5 Å².